The van der Waals surface area contributed by atoms with E-state index in [2.05, 4.69) is 5.32 Å². The van der Waals surface area contributed by atoms with E-state index in [-0.39, 0.29) is 17.1 Å². The summed E-state index contributed by atoms with van der Waals surface area (Å²) in [5.41, 5.74) is 0.0791. The molecule has 0 heterocycles. The van der Waals surface area contributed by atoms with Gasteiger partial charge in [0.05, 0.1) is 18.3 Å². The number of nitro groups is 1. The number of anilines is 2. The number of hydrogen-bond acceptors (Lipinski definition) is 6. The third kappa shape index (κ3) is 4.66. The smallest absolute Gasteiger partial charge is 0.271 e. The fourth-order valence-corrected chi connectivity index (χ4v) is 3.82. The van der Waals surface area contributed by atoms with Crippen LogP contribution >= 0.6 is 0 Å². The number of nitrogens with zero attached hydrogens (tertiary/aromatic N) is 2. The van der Waals surface area contributed by atoms with Gasteiger partial charge in [0, 0.05) is 17.8 Å². The van der Waals surface area contributed by atoms with Gasteiger partial charge in [-0.1, -0.05) is 30.3 Å². The average molecular weight is 429 g/mol. The molecule has 0 unspecified atom stereocenters. The van der Waals surface area contributed by atoms with E-state index in [1.807, 2.05) is 30.3 Å². The first kappa shape index (κ1) is 21.1. The van der Waals surface area contributed by atoms with Gasteiger partial charge in [0.25, 0.3) is 5.69 Å². The normalized spacial score (nSPS) is 11.1. The Bertz CT molecular complexity index is 1230. The molecule has 3 aromatic rings. The molecule has 0 aromatic heterocycles. The van der Waals surface area contributed by atoms with E-state index < -0.39 is 27.4 Å². The number of nitro benzene ring substituents is 1. The van der Waals surface area contributed by atoms with Crippen molar-refractivity contribution in [2.75, 3.05) is 29.5 Å². The fraction of sp³-hybridized carbons (Fsp3) is 0.150. The Morgan fingerprint density at radius 1 is 1.10 bits per heavy atom. The molecule has 30 heavy (non-hydrogen) atoms. The van der Waals surface area contributed by atoms with E-state index in [9.17, 15) is 23.3 Å². The molecular weight excluding hydrogens is 410 g/mol. The number of fused-ring (bicyclic) bond motifs is 1. The fourth-order valence-electron chi connectivity index (χ4n) is 2.97. The SMILES string of the molecule is COc1ccc([N+](=O)[O-])cc1N(CC(=O)Nc1ccc2ccccc2c1)S(C)(=O)=O. The van der Waals surface area contributed by atoms with Gasteiger partial charge in [0.2, 0.25) is 15.9 Å². The maximum atomic E-state index is 12.6. The molecule has 9 nitrogen and oxygen atoms in total. The molecule has 0 saturated heterocycles. The molecule has 0 aliphatic heterocycles. The van der Waals surface area contributed by atoms with Crippen LogP contribution in [0, 0.1) is 10.1 Å². The topological polar surface area (TPSA) is 119 Å². The number of sulfonamides is 1. The Balaban J connectivity index is 1.91. The first-order chi connectivity index (χ1) is 14.2. The lowest BCUT2D eigenvalue weighted by atomic mass is 10.1. The highest BCUT2D eigenvalue weighted by Gasteiger charge is 2.26. The monoisotopic (exact) mass is 429 g/mol. The molecule has 1 amide bonds. The van der Waals surface area contributed by atoms with Crippen LogP contribution in [-0.4, -0.2) is 39.2 Å². The number of non-ortho nitro benzene ring substituents is 1. The molecule has 0 aliphatic carbocycles. The van der Waals surface area contributed by atoms with Crippen molar-refractivity contribution in [3.63, 3.8) is 0 Å². The summed E-state index contributed by atoms with van der Waals surface area (Å²) in [6, 6.07) is 16.4. The molecule has 1 N–H and O–H groups in total. The number of amides is 1. The Labute approximate surface area is 173 Å². The molecular formula is C20H19N3O6S. The molecule has 3 aromatic carbocycles. The standard InChI is InChI=1S/C20H19N3O6S/c1-29-19-10-9-17(23(25)26)12-18(19)22(30(2,27)28)13-20(24)21-16-8-7-14-5-3-4-6-15(14)11-16/h3-12H,13H2,1-2H3,(H,21,24). The maximum absolute atomic E-state index is 12.6. The minimum absolute atomic E-state index is 0.0875. The molecule has 0 saturated carbocycles. The quantitative estimate of drug-likeness (QED) is 0.455. The van der Waals surface area contributed by atoms with Gasteiger partial charge in [-0.05, 0) is 29.0 Å². The van der Waals surface area contributed by atoms with Crippen LogP contribution in [0.15, 0.2) is 60.7 Å². The van der Waals surface area contributed by atoms with E-state index in [0.29, 0.717) is 5.69 Å². The summed E-state index contributed by atoms with van der Waals surface area (Å²) in [6.07, 6.45) is 0.911. The van der Waals surface area contributed by atoms with E-state index in [0.717, 1.165) is 27.4 Å². The van der Waals surface area contributed by atoms with E-state index >= 15 is 0 Å². The van der Waals surface area contributed by atoms with Gasteiger partial charge in [0.1, 0.15) is 18.0 Å². The van der Waals surface area contributed by atoms with Gasteiger partial charge >= 0.3 is 0 Å². The maximum Gasteiger partial charge on any atom is 0.271 e. The van der Waals surface area contributed by atoms with Crippen molar-refractivity contribution in [3.05, 3.63) is 70.8 Å². The summed E-state index contributed by atoms with van der Waals surface area (Å²) in [6.45, 7) is -0.580. The zero-order chi connectivity index (χ0) is 21.9. The third-order valence-electron chi connectivity index (χ3n) is 4.36. The first-order valence-corrected chi connectivity index (χ1v) is 10.6. The zero-order valence-electron chi connectivity index (χ0n) is 16.2. The van der Waals surface area contributed by atoms with Crippen LogP contribution in [-0.2, 0) is 14.8 Å². The Morgan fingerprint density at radius 3 is 2.43 bits per heavy atom. The number of nitrogens with one attached hydrogen (secondary N) is 1. The molecule has 10 heteroatoms. The Morgan fingerprint density at radius 2 is 1.80 bits per heavy atom. The minimum atomic E-state index is -3.95. The lowest BCUT2D eigenvalue weighted by Crippen LogP contribution is -2.37. The van der Waals surface area contributed by atoms with Crippen molar-refractivity contribution in [1.29, 1.82) is 0 Å². The zero-order valence-corrected chi connectivity index (χ0v) is 17.0. The number of ether oxygens (including phenoxy) is 1. The van der Waals surface area contributed by atoms with Crippen LogP contribution in [0.5, 0.6) is 5.75 Å². The number of benzene rings is 3. The van der Waals surface area contributed by atoms with Crippen LogP contribution in [0.3, 0.4) is 0 Å². The van der Waals surface area contributed by atoms with Gasteiger partial charge in [-0.25, -0.2) is 8.42 Å². The third-order valence-corrected chi connectivity index (χ3v) is 5.49. The van der Waals surface area contributed by atoms with Gasteiger partial charge < -0.3 is 10.1 Å². The second kappa shape index (κ2) is 8.37. The summed E-state index contributed by atoms with van der Waals surface area (Å²) < 4.78 is 30.6. The Hall–Kier alpha value is -3.66. The predicted octanol–water partition coefficient (Wildman–Crippen LogP) is 3.16. The molecule has 3 rings (SSSR count). The van der Waals surface area contributed by atoms with E-state index in [1.165, 1.54) is 19.2 Å². The summed E-state index contributed by atoms with van der Waals surface area (Å²) in [4.78, 5) is 23.1. The molecule has 0 spiro atoms. The average Bonchev–Trinajstić information content (AvgIpc) is 2.70. The second-order valence-corrected chi connectivity index (χ2v) is 8.40. The molecule has 0 fully saturated rings. The van der Waals surface area contributed by atoms with Crippen molar-refractivity contribution >= 4 is 43.8 Å². The van der Waals surface area contributed by atoms with Gasteiger partial charge in [-0.2, -0.15) is 0 Å². The summed E-state index contributed by atoms with van der Waals surface area (Å²) >= 11 is 0. The van der Waals surface area contributed by atoms with Crippen LogP contribution in [0.4, 0.5) is 17.1 Å². The summed E-state index contributed by atoms with van der Waals surface area (Å²) in [5.74, 6) is -0.520. The van der Waals surface area contributed by atoms with Gasteiger partial charge in [0.15, 0.2) is 0 Å². The largest absolute Gasteiger partial charge is 0.495 e. The molecule has 0 radical (unpaired) electrons. The number of hydrogen-bond donors (Lipinski definition) is 1. The lowest BCUT2D eigenvalue weighted by molar-refractivity contribution is -0.384. The van der Waals surface area contributed by atoms with Crippen molar-refractivity contribution in [1.82, 2.24) is 0 Å². The number of carbonyl (C=O) groups excluding carboxylic acids is 1. The number of rotatable bonds is 7. The minimum Gasteiger partial charge on any atom is -0.495 e. The molecule has 156 valence electrons. The number of methoxy groups -OCH3 is 1. The highest BCUT2D eigenvalue weighted by atomic mass is 32.2. The summed E-state index contributed by atoms with van der Waals surface area (Å²) in [5, 5.41) is 15.7. The van der Waals surface area contributed by atoms with Crippen LogP contribution in [0.25, 0.3) is 10.8 Å². The Kier molecular flexibility index (Phi) is 5.88. The highest BCUT2D eigenvalue weighted by molar-refractivity contribution is 7.92. The van der Waals surface area contributed by atoms with Crippen molar-refractivity contribution < 1.29 is 22.9 Å². The molecule has 0 aliphatic rings. The summed E-state index contributed by atoms with van der Waals surface area (Å²) in [7, 11) is -2.64. The predicted molar refractivity (Wildman–Crippen MR) is 114 cm³/mol. The van der Waals surface area contributed by atoms with Crippen molar-refractivity contribution in [3.8, 4) is 5.75 Å². The first-order valence-electron chi connectivity index (χ1n) is 8.78. The van der Waals surface area contributed by atoms with Gasteiger partial charge in [-0.3, -0.25) is 19.2 Å². The van der Waals surface area contributed by atoms with Crippen molar-refractivity contribution in [2.24, 2.45) is 0 Å². The molecule has 0 bridgehead atoms. The van der Waals surface area contributed by atoms with Crippen LogP contribution < -0.4 is 14.4 Å². The van der Waals surface area contributed by atoms with E-state index in [4.69, 9.17) is 4.74 Å². The van der Waals surface area contributed by atoms with Crippen molar-refractivity contribution in [2.45, 2.75) is 0 Å². The van der Waals surface area contributed by atoms with Crippen LogP contribution in [0.2, 0.25) is 0 Å². The highest BCUT2D eigenvalue weighted by Crippen LogP contribution is 2.33. The molecule has 0 atom stereocenters. The van der Waals surface area contributed by atoms with Gasteiger partial charge in [-0.15, -0.1) is 0 Å². The lowest BCUT2D eigenvalue weighted by Gasteiger charge is -2.23. The van der Waals surface area contributed by atoms with E-state index in [1.54, 1.807) is 12.1 Å². The number of carbonyl (C=O) groups is 1. The van der Waals surface area contributed by atoms with Crippen LogP contribution in [0.1, 0.15) is 0 Å². The second-order valence-electron chi connectivity index (χ2n) is 6.49.